The Labute approximate surface area is 111 Å². The second-order valence-corrected chi connectivity index (χ2v) is 5.73. The van der Waals surface area contributed by atoms with E-state index in [4.69, 9.17) is 11.0 Å². The first-order valence-electron chi connectivity index (χ1n) is 5.21. The highest BCUT2D eigenvalue weighted by atomic mass is 32.2. The number of hydrogen-bond acceptors (Lipinski definition) is 6. The largest absolute Gasteiger partial charge is 0.468 e. The predicted molar refractivity (Wildman–Crippen MR) is 69.6 cm³/mol. The van der Waals surface area contributed by atoms with E-state index < -0.39 is 21.2 Å². The SMILES string of the molecule is COC(=O)C(C)S(=O)(=O)Nc1ccc(N)cc1C#N. The molecule has 0 amide bonds. The summed E-state index contributed by atoms with van der Waals surface area (Å²) in [6.45, 7) is 1.19. The normalized spacial score (nSPS) is 12.3. The highest BCUT2D eigenvalue weighted by molar-refractivity contribution is 7.94. The van der Waals surface area contributed by atoms with E-state index in [9.17, 15) is 13.2 Å². The molecule has 0 aromatic heterocycles. The lowest BCUT2D eigenvalue weighted by atomic mass is 10.2. The minimum absolute atomic E-state index is 0.0625. The first kappa shape index (κ1) is 14.8. The van der Waals surface area contributed by atoms with Gasteiger partial charge in [0, 0.05) is 5.69 Å². The van der Waals surface area contributed by atoms with Crippen LogP contribution >= 0.6 is 0 Å². The van der Waals surface area contributed by atoms with Gasteiger partial charge in [-0.1, -0.05) is 0 Å². The molecule has 19 heavy (non-hydrogen) atoms. The number of carbonyl (C=O) groups excluding carboxylic acids is 1. The van der Waals surface area contributed by atoms with E-state index in [0.717, 1.165) is 7.11 Å². The van der Waals surface area contributed by atoms with Gasteiger partial charge in [-0.15, -0.1) is 0 Å². The average molecular weight is 283 g/mol. The van der Waals surface area contributed by atoms with Gasteiger partial charge in [0.2, 0.25) is 10.0 Å². The molecule has 0 aliphatic rings. The van der Waals surface area contributed by atoms with Crippen LogP contribution in [-0.2, 0) is 19.6 Å². The number of anilines is 2. The van der Waals surface area contributed by atoms with E-state index in [1.165, 1.54) is 25.1 Å². The summed E-state index contributed by atoms with van der Waals surface area (Å²) in [5.41, 5.74) is 5.96. The molecule has 1 unspecified atom stereocenters. The number of esters is 1. The van der Waals surface area contributed by atoms with E-state index in [1.807, 2.05) is 6.07 Å². The zero-order chi connectivity index (χ0) is 14.6. The first-order chi connectivity index (χ1) is 8.81. The Hall–Kier alpha value is -2.27. The Bertz CT molecular complexity index is 634. The minimum Gasteiger partial charge on any atom is -0.468 e. The van der Waals surface area contributed by atoms with Crippen molar-refractivity contribution in [3.63, 3.8) is 0 Å². The number of nitrogens with zero attached hydrogens (tertiary/aromatic N) is 1. The van der Waals surface area contributed by atoms with E-state index >= 15 is 0 Å². The number of nitrogen functional groups attached to an aromatic ring is 1. The topological polar surface area (TPSA) is 122 Å². The fourth-order valence-corrected chi connectivity index (χ4v) is 2.29. The summed E-state index contributed by atoms with van der Waals surface area (Å²) in [5, 5.41) is 7.51. The fourth-order valence-electron chi connectivity index (χ4n) is 1.28. The Morgan fingerprint density at radius 3 is 2.68 bits per heavy atom. The molecule has 8 heteroatoms. The third kappa shape index (κ3) is 3.35. The maximum absolute atomic E-state index is 11.9. The summed E-state index contributed by atoms with van der Waals surface area (Å²) in [6.07, 6.45) is 0. The number of benzene rings is 1. The number of rotatable bonds is 4. The maximum atomic E-state index is 11.9. The van der Waals surface area contributed by atoms with Crippen LogP contribution in [0.2, 0.25) is 0 Å². The maximum Gasteiger partial charge on any atom is 0.325 e. The molecule has 0 fully saturated rings. The van der Waals surface area contributed by atoms with Gasteiger partial charge in [-0.2, -0.15) is 5.26 Å². The molecule has 0 saturated carbocycles. The quantitative estimate of drug-likeness (QED) is 0.610. The molecule has 1 rings (SSSR count). The monoisotopic (exact) mass is 283 g/mol. The van der Waals surface area contributed by atoms with Crippen LogP contribution in [-0.4, -0.2) is 26.7 Å². The van der Waals surface area contributed by atoms with Gasteiger partial charge in [-0.3, -0.25) is 9.52 Å². The van der Waals surface area contributed by atoms with Crippen molar-refractivity contribution in [2.75, 3.05) is 17.6 Å². The highest BCUT2D eigenvalue weighted by Gasteiger charge is 2.29. The summed E-state index contributed by atoms with van der Waals surface area (Å²) < 4.78 is 30.3. The molecule has 1 aromatic rings. The van der Waals surface area contributed by atoms with Crippen molar-refractivity contribution in [2.45, 2.75) is 12.2 Å². The molecule has 0 aliphatic carbocycles. The molecule has 0 spiro atoms. The Morgan fingerprint density at radius 1 is 1.53 bits per heavy atom. The molecule has 1 atom stereocenters. The fraction of sp³-hybridized carbons (Fsp3) is 0.273. The lowest BCUT2D eigenvalue weighted by Gasteiger charge is -2.13. The average Bonchev–Trinajstić information content (AvgIpc) is 2.38. The molecule has 0 aliphatic heterocycles. The molecule has 1 aromatic carbocycles. The van der Waals surface area contributed by atoms with Crippen molar-refractivity contribution in [3.05, 3.63) is 23.8 Å². The van der Waals surface area contributed by atoms with Gasteiger partial charge in [0.15, 0.2) is 5.25 Å². The summed E-state index contributed by atoms with van der Waals surface area (Å²) in [6, 6.07) is 5.95. The lowest BCUT2D eigenvalue weighted by Crippen LogP contribution is -2.33. The summed E-state index contributed by atoms with van der Waals surface area (Å²) in [4.78, 5) is 11.2. The first-order valence-corrected chi connectivity index (χ1v) is 6.75. The van der Waals surface area contributed by atoms with Crippen LogP contribution in [0, 0.1) is 11.3 Å². The smallest absolute Gasteiger partial charge is 0.325 e. The number of nitrogens with two attached hydrogens (primary N) is 1. The molecule has 0 heterocycles. The molecular weight excluding hydrogens is 270 g/mol. The number of methoxy groups -OCH3 is 1. The van der Waals surface area contributed by atoms with Crippen LogP contribution in [0.1, 0.15) is 12.5 Å². The van der Waals surface area contributed by atoms with Crippen molar-refractivity contribution in [1.29, 1.82) is 5.26 Å². The van der Waals surface area contributed by atoms with E-state index in [-0.39, 0.29) is 11.3 Å². The number of nitrogens with one attached hydrogen (secondary N) is 1. The molecule has 102 valence electrons. The zero-order valence-electron chi connectivity index (χ0n) is 10.4. The van der Waals surface area contributed by atoms with Gasteiger partial charge in [-0.05, 0) is 25.1 Å². The molecule has 3 N–H and O–H groups in total. The van der Waals surface area contributed by atoms with Gasteiger partial charge in [-0.25, -0.2) is 8.42 Å². The third-order valence-electron chi connectivity index (χ3n) is 2.41. The van der Waals surface area contributed by atoms with Crippen molar-refractivity contribution < 1.29 is 17.9 Å². The standard InChI is InChI=1S/C11H13N3O4S/c1-7(11(15)18-2)19(16,17)14-10-4-3-9(13)5-8(10)6-12/h3-5,7,14H,13H2,1-2H3. The Morgan fingerprint density at radius 2 is 2.16 bits per heavy atom. The van der Waals surface area contributed by atoms with Gasteiger partial charge in [0.05, 0.1) is 18.4 Å². The van der Waals surface area contributed by atoms with Crippen LogP contribution in [0.15, 0.2) is 18.2 Å². The van der Waals surface area contributed by atoms with Crippen LogP contribution < -0.4 is 10.5 Å². The summed E-state index contributed by atoms with van der Waals surface area (Å²) in [5.74, 6) is -0.888. The van der Waals surface area contributed by atoms with Crippen LogP contribution in [0.4, 0.5) is 11.4 Å². The molecule has 0 radical (unpaired) electrons. The second-order valence-electron chi connectivity index (χ2n) is 3.73. The van der Waals surface area contributed by atoms with Gasteiger partial charge < -0.3 is 10.5 Å². The number of carbonyl (C=O) groups is 1. The van der Waals surface area contributed by atoms with Crippen LogP contribution in [0.5, 0.6) is 0 Å². The lowest BCUT2D eigenvalue weighted by molar-refractivity contribution is -0.139. The van der Waals surface area contributed by atoms with Crippen molar-refractivity contribution in [2.24, 2.45) is 0 Å². The van der Waals surface area contributed by atoms with Crippen molar-refractivity contribution >= 4 is 27.4 Å². The number of hydrogen-bond donors (Lipinski definition) is 2. The van der Waals surface area contributed by atoms with E-state index in [2.05, 4.69) is 9.46 Å². The zero-order valence-corrected chi connectivity index (χ0v) is 11.2. The van der Waals surface area contributed by atoms with Gasteiger partial charge in [0.25, 0.3) is 0 Å². The third-order valence-corrected chi connectivity index (χ3v) is 4.04. The van der Waals surface area contributed by atoms with Crippen LogP contribution in [0.25, 0.3) is 0 Å². The van der Waals surface area contributed by atoms with E-state index in [0.29, 0.717) is 5.69 Å². The predicted octanol–water partition coefficient (Wildman–Crippen LogP) is 0.444. The highest BCUT2D eigenvalue weighted by Crippen LogP contribution is 2.20. The molecule has 0 bridgehead atoms. The van der Waals surface area contributed by atoms with Crippen molar-refractivity contribution in [3.8, 4) is 6.07 Å². The molecule has 0 saturated heterocycles. The van der Waals surface area contributed by atoms with Gasteiger partial charge >= 0.3 is 5.97 Å². The molecular formula is C11H13N3O4S. The number of nitriles is 1. The summed E-state index contributed by atoms with van der Waals surface area (Å²) in [7, 11) is -2.89. The van der Waals surface area contributed by atoms with Crippen molar-refractivity contribution in [1.82, 2.24) is 0 Å². The number of ether oxygens (including phenoxy) is 1. The molecule has 7 nitrogen and oxygen atoms in total. The number of sulfonamides is 1. The second kappa shape index (κ2) is 5.58. The summed E-state index contributed by atoms with van der Waals surface area (Å²) >= 11 is 0. The van der Waals surface area contributed by atoms with E-state index in [1.54, 1.807) is 0 Å². The van der Waals surface area contributed by atoms with Crippen LogP contribution in [0.3, 0.4) is 0 Å². The Kier molecular flexibility index (Phi) is 4.34. The Balaban J connectivity index is 3.09. The van der Waals surface area contributed by atoms with Gasteiger partial charge in [0.1, 0.15) is 6.07 Å². The minimum atomic E-state index is -3.99.